The number of amides is 2. The Morgan fingerprint density at radius 2 is 2.00 bits per heavy atom. The van der Waals surface area contributed by atoms with E-state index in [0.717, 1.165) is 0 Å². The van der Waals surface area contributed by atoms with Crippen LogP contribution in [0.15, 0.2) is 22.8 Å². The largest absolute Gasteiger partial charge is 0.459 e. The van der Waals surface area contributed by atoms with Gasteiger partial charge in [-0.1, -0.05) is 0 Å². The van der Waals surface area contributed by atoms with Gasteiger partial charge in [0.1, 0.15) is 6.54 Å². The lowest BCUT2D eigenvalue weighted by Gasteiger charge is -2.08. The summed E-state index contributed by atoms with van der Waals surface area (Å²) in [4.78, 5) is 22.3. The zero-order chi connectivity index (χ0) is 13.6. The molecule has 1 heterocycles. The van der Waals surface area contributed by atoms with Crippen LogP contribution in [0.1, 0.15) is 17.0 Å². The second kappa shape index (κ2) is 6.08. The van der Waals surface area contributed by atoms with Gasteiger partial charge in [0.2, 0.25) is 5.91 Å². The molecule has 0 fully saturated rings. The summed E-state index contributed by atoms with van der Waals surface area (Å²) in [6, 6.07) is 2.95. The van der Waals surface area contributed by atoms with Gasteiger partial charge in [0.05, 0.1) is 6.26 Å². The third-order valence-electron chi connectivity index (χ3n) is 1.87. The zero-order valence-electron chi connectivity index (χ0n) is 9.21. The summed E-state index contributed by atoms with van der Waals surface area (Å²) in [5.74, 6) is -1.23. The molecule has 0 aliphatic rings. The molecular weight excluding hydrogens is 253 g/mol. The molecule has 0 aliphatic carbocycles. The molecule has 0 radical (unpaired) electrons. The molecular formula is C10H11F3N2O3. The predicted octanol–water partition coefficient (Wildman–Crippen LogP) is 1.08. The van der Waals surface area contributed by atoms with Crippen molar-refractivity contribution in [3.63, 3.8) is 0 Å². The van der Waals surface area contributed by atoms with Gasteiger partial charge < -0.3 is 15.1 Å². The van der Waals surface area contributed by atoms with Gasteiger partial charge in [0.15, 0.2) is 5.76 Å². The van der Waals surface area contributed by atoms with Gasteiger partial charge in [0.25, 0.3) is 5.91 Å². The van der Waals surface area contributed by atoms with Gasteiger partial charge in [-0.25, -0.2) is 0 Å². The van der Waals surface area contributed by atoms with Crippen LogP contribution in [0, 0.1) is 0 Å². The third-order valence-corrected chi connectivity index (χ3v) is 1.87. The van der Waals surface area contributed by atoms with Crippen LogP contribution in [0.4, 0.5) is 13.2 Å². The first-order valence-corrected chi connectivity index (χ1v) is 5.03. The molecule has 0 unspecified atom stereocenters. The van der Waals surface area contributed by atoms with E-state index >= 15 is 0 Å². The van der Waals surface area contributed by atoms with E-state index in [1.54, 1.807) is 5.32 Å². The first-order chi connectivity index (χ1) is 8.38. The fraction of sp³-hybridized carbons (Fsp3) is 0.400. The molecule has 1 aromatic heterocycles. The number of carbonyl (C=O) groups excluding carboxylic acids is 2. The van der Waals surface area contributed by atoms with Crippen LogP contribution < -0.4 is 10.6 Å². The van der Waals surface area contributed by atoms with Crippen LogP contribution in [-0.2, 0) is 4.79 Å². The summed E-state index contributed by atoms with van der Waals surface area (Å²) in [5, 5.41) is 4.03. The Labute approximate surface area is 100 Å². The summed E-state index contributed by atoms with van der Waals surface area (Å²) >= 11 is 0. The quantitative estimate of drug-likeness (QED) is 0.835. The summed E-state index contributed by atoms with van der Waals surface area (Å²) in [6.45, 7) is -1.44. The number of hydrogen-bond acceptors (Lipinski definition) is 3. The van der Waals surface area contributed by atoms with Gasteiger partial charge in [-0.3, -0.25) is 9.59 Å². The molecule has 100 valence electrons. The molecule has 5 nitrogen and oxygen atoms in total. The smallest absolute Gasteiger partial charge is 0.405 e. The Morgan fingerprint density at radius 3 is 2.56 bits per heavy atom. The number of alkyl halides is 3. The highest BCUT2D eigenvalue weighted by atomic mass is 19.4. The van der Waals surface area contributed by atoms with Gasteiger partial charge in [0, 0.05) is 13.0 Å². The molecule has 1 aromatic rings. The Balaban J connectivity index is 2.18. The minimum Gasteiger partial charge on any atom is -0.459 e. The topological polar surface area (TPSA) is 71.3 Å². The molecule has 0 spiro atoms. The van der Waals surface area contributed by atoms with Crippen molar-refractivity contribution in [2.75, 3.05) is 13.1 Å². The fourth-order valence-corrected chi connectivity index (χ4v) is 1.07. The number of halogens is 3. The summed E-state index contributed by atoms with van der Waals surface area (Å²) in [5.41, 5.74) is 0. The summed E-state index contributed by atoms with van der Waals surface area (Å²) in [6.07, 6.45) is -3.36. The lowest BCUT2D eigenvalue weighted by molar-refractivity contribution is -0.138. The van der Waals surface area contributed by atoms with E-state index < -0.39 is 24.5 Å². The molecule has 0 saturated carbocycles. The average Bonchev–Trinajstić information content (AvgIpc) is 2.78. The lowest BCUT2D eigenvalue weighted by Crippen LogP contribution is -2.36. The van der Waals surface area contributed by atoms with Crippen molar-refractivity contribution in [3.8, 4) is 0 Å². The highest BCUT2D eigenvalue weighted by Gasteiger charge is 2.27. The average molecular weight is 264 g/mol. The highest BCUT2D eigenvalue weighted by molar-refractivity contribution is 5.91. The Hall–Kier alpha value is -1.99. The van der Waals surface area contributed by atoms with Crippen LogP contribution >= 0.6 is 0 Å². The minimum absolute atomic E-state index is 0.0662. The van der Waals surface area contributed by atoms with E-state index in [1.807, 2.05) is 0 Å². The van der Waals surface area contributed by atoms with Crippen LogP contribution in [0.5, 0.6) is 0 Å². The number of carbonyl (C=O) groups is 2. The predicted molar refractivity (Wildman–Crippen MR) is 54.7 cm³/mol. The van der Waals surface area contributed by atoms with Gasteiger partial charge in [-0.2, -0.15) is 13.2 Å². The number of nitrogens with one attached hydrogen (secondary N) is 2. The van der Waals surface area contributed by atoms with E-state index in [1.165, 1.54) is 18.4 Å². The molecule has 0 aliphatic heterocycles. The van der Waals surface area contributed by atoms with E-state index in [-0.39, 0.29) is 18.7 Å². The van der Waals surface area contributed by atoms with Crippen molar-refractivity contribution in [3.05, 3.63) is 24.2 Å². The molecule has 1 rings (SSSR count). The van der Waals surface area contributed by atoms with Crippen LogP contribution in [0.2, 0.25) is 0 Å². The zero-order valence-corrected chi connectivity index (χ0v) is 9.21. The number of rotatable bonds is 5. The normalized spacial score (nSPS) is 11.1. The number of hydrogen-bond donors (Lipinski definition) is 2. The molecule has 0 atom stereocenters. The van der Waals surface area contributed by atoms with E-state index in [9.17, 15) is 22.8 Å². The molecule has 0 aromatic carbocycles. The van der Waals surface area contributed by atoms with Crippen molar-refractivity contribution >= 4 is 11.8 Å². The summed E-state index contributed by atoms with van der Waals surface area (Å²) in [7, 11) is 0. The second-order valence-corrected chi connectivity index (χ2v) is 3.38. The Kier molecular flexibility index (Phi) is 4.75. The molecule has 8 heteroatoms. The monoisotopic (exact) mass is 264 g/mol. The van der Waals surface area contributed by atoms with Crippen molar-refractivity contribution in [1.82, 2.24) is 10.6 Å². The second-order valence-electron chi connectivity index (χ2n) is 3.38. The number of furan rings is 1. The van der Waals surface area contributed by atoms with Gasteiger partial charge in [-0.15, -0.1) is 0 Å². The molecule has 2 N–H and O–H groups in total. The standard InChI is InChI=1S/C10H11F3N2O3/c11-10(12,13)6-15-8(16)3-4-14-9(17)7-2-1-5-18-7/h1-2,5H,3-4,6H2,(H,14,17)(H,15,16). The van der Waals surface area contributed by atoms with Crippen LogP contribution in [-0.4, -0.2) is 31.1 Å². The maximum atomic E-state index is 11.8. The molecule has 18 heavy (non-hydrogen) atoms. The first-order valence-electron chi connectivity index (χ1n) is 5.03. The minimum atomic E-state index is -4.44. The van der Waals surface area contributed by atoms with Crippen LogP contribution in [0.3, 0.4) is 0 Å². The summed E-state index contributed by atoms with van der Waals surface area (Å²) < 4.78 is 40.0. The van der Waals surface area contributed by atoms with Crippen molar-refractivity contribution in [2.24, 2.45) is 0 Å². The van der Waals surface area contributed by atoms with E-state index in [0.29, 0.717) is 0 Å². The maximum absolute atomic E-state index is 11.8. The van der Waals surface area contributed by atoms with E-state index in [4.69, 9.17) is 4.42 Å². The third kappa shape index (κ3) is 5.37. The fourth-order valence-electron chi connectivity index (χ4n) is 1.07. The van der Waals surface area contributed by atoms with Crippen molar-refractivity contribution in [1.29, 1.82) is 0 Å². The van der Waals surface area contributed by atoms with Crippen LogP contribution in [0.25, 0.3) is 0 Å². The molecule has 0 bridgehead atoms. The highest BCUT2D eigenvalue weighted by Crippen LogP contribution is 2.12. The van der Waals surface area contributed by atoms with Crippen molar-refractivity contribution < 1.29 is 27.2 Å². The molecule has 2 amide bonds. The lowest BCUT2D eigenvalue weighted by atomic mass is 10.3. The van der Waals surface area contributed by atoms with Crippen molar-refractivity contribution in [2.45, 2.75) is 12.6 Å². The van der Waals surface area contributed by atoms with E-state index in [2.05, 4.69) is 5.32 Å². The van der Waals surface area contributed by atoms with Gasteiger partial charge in [-0.05, 0) is 12.1 Å². The Morgan fingerprint density at radius 1 is 1.28 bits per heavy atom. The molecule has 0 saturated heterocycles. The maximum Gasteiger partial charge on any atom is 0.405 e. The first kappa shape index (κ1) is 14.1. The Bertz CT molecular complexity index is 401. The SMILES string of the molecule is O=C(CCNC(=O)c1ccco1)NCC(F)(F)F. The van der Waals surface area contributed by atoms with Gasteiger partial charge >= 0.3 is 6.18 Å².